The smallest absolute Gasteiger partial charge is 0.252 e. The maximum atomic E-state index is 13.6. The average Bonchev–Trinajstić information content (AvgIpc) is 3.66. The molecule has 4 heterocycles. The molecule has 0 radical (unpaired) electrons. The minimum absolute atomic E-state index is 0.102. The summed E-state index contributed by atoms with van der Waals surface area (Å²) in [4.78, 5) is 39.9. The highest BCUT2D eigenvalue weighted by Gasteiger charge is 2.27. The number of thiophene rings is 1. The maximum absolute atomic E-state index is 13.6. The SMILES string of the molecule is CCC(CC)n1c(Cc2cccs2)nc2cc(C(=O)N[C@@H](CC(C)C)C(=O)NC3CCN(Cc4cccnc4)CC3)ccc21. The van der Waals surface area contributed by atoms with E-state index in [1.807, 2.05) is 30.5 Å². The number of carbonyl (C=O) groups excluding carboxylic acids is 2. The molecule has 44 heavy (non-hydrogen) atoms. The number of nitrogens with one attached hydrogen (secondary N) is 2. The third-order valence-corrected chi connectivity index (χ3v) is 9.51. The van der Waals surface area contributed by atoms with Crippen LogP contribution in [0.15, 0.2) is 60.2 Å². The van der Waals surface area contributed by atoms with Gasteiger partial charge in [0.15, 0.2) is 0 Å². The Kier molecular flexibility index (Phi) is 10.8. The van der Waals surface area contributed by atoms with E-state index in [1.165, 1.54) is 10.4 Å². The Morgan fingerprint density at radius 3 is 2.52 bits per heavy atom. The van der Waals surface area contributed by atoms with Crippen LogP contribution < -0.4 is 10.6 Å². The number of nitrogens with zero attached hydrogens (tertiary/aromatic N) is 4. The van der Waals surface area contributed by atoms with Gasteiger partial charge in [-0.25, -0.2) is 4.98 Å². The normalized spacial score (nSPS) is 15.2. The molecule has 1 aromatic carbocycles. The van der Waals surface area contributed by atoms with Crippen molar-refractivity contribution >= 4 is 34.2 Å². The molecule has 1 aliphatic heterocycles. The van der Waals surface area contributed by atoms with E-state index < -0.39 is 6.04 Å². The molecule has 1 aliphatic rings. The first-order chi connectivity index (χ1) is 21.3. The second-order valence-corrected chi connectivity index (χ2v) is 13.4. The summed E-state index contributed by atoms with van der Waals surface area (Å²) in [6.07, 6.45) is 8.84. The Balaban J connectivity index is 1.26. The highest BCUT2D eigenvalue weighted by Crippen LogP contribution is 2.28. The van der Waals surface area contributed by atoms with Crippen LogP contribution in [0.4, 0.5) is 0 Å². The van der Waals surface area contributed by atoms with Crippen molar-refractivity contribution in [2.45, 2.75) is 90.9 Å². The van der Waals surface area contributed by atoms with Gasteiger partial charge in [0.1, 0.15) is 11.9 Å². The van der Waals surface area contributed by atoms with E-state index in [4.69, 9.17) is 4.98 Å². The highest BCUT2D eigenvalue weighted by atomic mass is 32.1. The molecular formula is C35H46N6O2S. The molecule has 1 fully saturated rings. The van der Waals surface area contributed by atoms with Gasteiger partial charge in [-0.15, -0.1) is 11.3 Å². The fourth-order valence-corrected chi connectivity index (χ4v) is 6.98. The Morgan fingerprint density at radius 1 is 1.07 bits per heavy atom. The number of carbonyl (C=O) groups is 2. The Morgan fingerprint density at radius 2 is 1.86 bits per heavy atom. The number of hydrogen-bond acceptors (Lipinski definition) is 6. The number of hydrogen-bond donors (Lipinski definition) is 2. The minimum Gasteiger partial charge on any atom is -0.351 e. The Labute approximate surface area is 265 Å². The number of pyridine rings is 1. The summed E-state index contributed by atoms with van der Waals surface area (Å²) in [6.45, 7) is 11.3. The molecule has 0 bridgehead atoms. The molecule has 1 saturated heterocycles. The van der Waals surface area contributed by atoms with Crippen molar-refractivity contribution < 1.29 is 9.59 Å². The van der Waals surface area contributed by atoms with Crippen molar-refractivity contribution in [2.24, 2.45) is 5.92 Å². The van der Waals surface area contributed by atoms with Gasteiger partial charge in [-0.2, -0.15) is 0 Å². The van der Waals surface area contributed by atoms with Crippen molar-refractivity contribution in [2.75, 3.05) is 13.1 Å². The monoisotopic (exact) mass is 614 g/mol. The zero-order valence-corrected chi connectivity index (χ0v) is 27.3. The predicted molar refractivity (Wildman–Crippen MR) is 178 cm³/mol. The summed E-state index contributed by atoms with van der Waals surface area (Å²) in [5, 5.41) is 8.40. The highest BCUT2D eigenvalue weighted by molar-refractivity contribution is 7.09. The molecule has 2 amide bonds. The number of amides is 2. The van der Waals surface area contributed by atoms with Crippen LogP contribution in [0, 0.1) is 5.92 Å². The second-order valence-electron chi connectivity index (χ2n) is 12.4. The summed E-state index contributed by atoms with van der Waals surface area (Å²) in [5.74, 6) is 0.939. The maximum Gasteiger partial charge on any atom is 0.252 e. The van der Waals surface area contributed by atoms with E-state index >= 15 is 0 Å². The molecule has 234 valence electrons. The van der Waals surface area contributed by atoms with Crippen LogP contribution in [0.2, 0.25) is 0 Å². The van der Waals surface area contributed by atoms with Gasteiger partial charge < -0.3 is 15.2 Å². The first-order valence-electron chi connectivity index (χ1n) is 16.1. The number of fused-ring (bicyclic) bond motifs is 1. The van der Waals surface area contributed by atoms with Crippen LogP contribution >= 0.6 is 11.3 Å². The number of rotatable bonds is 13. The molecule has 0 unspecified atom stereocenters. The Bertz CT molecular complexity index is 1510. The third-order valence-electron chi connectivity index (χ3n) is 8.64. The standard InChI is InChI=1S/C35H46N6O2S/c1-5-28(6-2)41-32-12-11-26(20-30(32)38-33(41)21-29-10-8-18-44-29)34(42)39-31(19-24(3)4)35(43)37-27-13-16-40(17-14-27)23-25-9-7-15-36-22-25/h7-12,15,18,20,22,24,27-28,31H,5-6,13-14,16-17,19,21,23H2,1-4H3,(H,37,43)(H,39,42)/t31-/m0/s1. The number of imidazole rings is 1. The van der Waals surface area contributed by atoms with Crippen molar-refractivity contribution in [1.82, 2.24) is 30.1 Å². The van der Waals surface area contributed by atoms with Gasteiger partial charge in [0.05, 0.1) is 11.0 Å². The van der Waals surface area contributed by atoms with Crippen LogP contribution in [-0.2, 0) is 17.8 Å². The number of benzene rings is 1. The first kappa shape index (κ1) is 31.9. The van der Waals surface area contributed by atoms with Crippen LogP contribution in [-0.4, -0.2) is 56.4 Å². The van der Waals surface area contributed by atoms with Crippen molar-refractivity contribution in [3.8, 4) is 0 Å². The van der Waals surface area contributed by atoms with E-state index in [0.717, 1.165) is 68.6 Å². The zero-order valence-electron chi connectivity index (χ0n) is 26.5. The van der Waals surface area contributed by atoms with Gasteiger partial charge in [-0.1, -0.05) is 39.8 Å². The third kappa shape index (κ3) is 7.93. The molecular weight excluding hydrogens is 568 g/mol. The molecule has 0 aliphatic carbocycles. The predicted octanol–water partition coefficient (Wildman–Crippen LogP) is 6.37. The van der Waals surface area contributed by atoms with Crippen molar-refractivity contribution in [1.29, 1.82) is 0 Å². The molecule has 4 aromatic rings. The molecule has 5 rings (SSSR count). The molecule has 1 atom stereocenters. The summed E-state index contributed by atoms with van der Waals surface area (Å²) in [6, 6.07) is 13.9. The summed E-state index contributed by atoms with van der Waals surface area (Å²) < 4.78 is 2.35. The molecule has 0 spiro atoms. The topological polar surface area (TPSA) is 92.1 Å². The molecule has 9 heteroatoms. The van der Waals surface area contributed by atoms with Gasteiger partial charge in [0, 0.05) is 61.0 Å². The summed E-state index contributed by atoms with van der Waals surface area (Å²) >= 11 is 1.74. The Hall–Kier alpha value is -3.56. The van der Waals surface area contributed by atoms with Crippen LogP contribution in [0.3, 0.4) is 0 Å². The van der Waals surface area contributed by atoms with E-state index in [1.54, 1.807) is 17.5 Å². The van der Waals surface area contributed by atoms with Crippen molar-refractivity contribution in [3.63, 3.8) is 0 Å². The number of piperidine rings is 1. The van der Waals surface area contributed by atoms with Crippen LogP contribution in [0.25, 0.3) is 11.0 Å². The number of aromatic nitrogens is 3. The second kappa shape index (κ2) is 14.9. The average molecular weight is 615 g/mol. The number of likely N-dealkylation sites (tertiary alicyclic amines) is 1. The van der Waals surface area contributed by atoms with Gasteiger partial charge in [0.2, 0.25) is 5.91 Å². The molecule has 3 aromatic heterocycles. The lowest BCUT2D eigenvalue weighted by Gasteiger charge is -2.33. The fraction of sp³-hybridized carbons (Fsp3) is 0.486. The van der Waals surface area contributed by atoms with Gasteiger partial charge in [0.25, 0.3) is 5.91 Å². The van der Waals surface area contributed by atoms with Gasteiger partial charge in [-0.3, -0.25) is 19.5 Å². The molecule has 0 saturated carbocycles. The summed E-state index contributed by atoms with van der Waals surface area (Å²) in [7, 11) is 0. The van der Waals surface area contributed by atoms with Crippen LogP contribution in [0.1, 0.15) is 92.5 Å². The van der Waals surface area contributed by atoms with E-state index in [9.17, 15) is 9.59 Å². The lowest BCUT2D eigenvalue weighted by Crippen LogP contribution is -2.52. The van der Waals surface area contributed by atoms with E-state index in [2.05, 4.69) is 76.4 Å². The first-order valence-corrected chi connectivity index (χ1v) is 17.0. The van der Waals surface area contributed by atoms with E-state index in [-0.39, 0.29) is 23.8 Å². The molecule has 2 N–H and O–H groups in total. The van der Waals surface area contributed by atoms with Crippen LogP contribution in [0.5, 0.6) is 0 Å². The minimum atomic E-state index is -0.594. The van der Waals surface area contributed by atoms with Gasteiger partial charge >= 0.3 is 0 Å². The quantitative estimate of drug-likeness (QED) is 0.183. The molecule has 8 nitrogen and oxygen atoms in total. The van der Waals surface area contributed by atoms with Gasteiger partial charge in [-0.05, 0) is 79.3 Å². The lowest BCUT2D eigenvalue weighted by molar-refractivity contribution is -0.124. The lowest BCUT2D eigenvalue weighted by atomic mass is 10.00. The summed E-state index contributed by atoms with van der Waals surface area (Å²) in [5.41, 5.74) is 3.60. The van der Waals surface area contributed by atoms with E-state index in [0.29, 0.717) is 18.0 Å². The van der Waals surface area contributed by atoms with Crippen molar-refractivity contribution in [3.05, 3.63) is 82.1 Å². The largest absolute Gasteiger partial charge is 0.351 e. The fourth-order valence-electron chi connectivity index (χ4n) is 6.28. The zero-order chi connectivity index (χ0) is 31.1.